The highest BCUT2D eigenvalue weighted by atomic mass is 16.3. The molecular formula is C13H22N4O. The second-order valence-corrected chi connectivity index (χ2v) is 5.00. The van der Waals surface area contributed by atoms with Gasteiger partial charge in [-0.15, -0.1) is 0 Å². The monoisotopic (exact) mass is 250 g/mol. The number of nitrogens with zero attached hydrogens (tertiary/aromatic N) is 3. The lowest BCUT2D eigenvalue weighted by Gasteiger charge is -2.34. The number of aromatic nitrogens is 2. The quantitative estimate of drug-likeness (QED) is 0.824. The normalized spacial score (nSPS) is 22.4. The van der Waals surface area contributed by atoms with Crippen molar-refractivity contribution in [2.75, 3.05) is 30.9 Å². The summed E-state index contributed by atoms with van der Waals surface area (Å²) in [7, 11) is 3.92. The lowest BCUT2D eigenvalue weighted by atomic mass is 9.82. The molecule has 2 N–H and O–H groups in total. The van der Waals surface area contributed by atoms with Crippen molar-refractivity contribution in [2.24, 2.45) is 5.92 Å². The van der Waals surface area contributed by atoms with Crippen LogP contribution in [-0.4, -0.2) is 41.8 Å². The van der Waals surface area contributed by atoms with Gasteiger partial charge in [-0.25, -0.2) is 9.97 Å². The van der Waals surface area contributed by atoms with Crippen molar-refractivity contribution in [1.29, 1.82) is 0 Å². The Kier molecular flexibility index (Phi) is 4.01. The fraction of sp³-hybridized carbons (Fsp3) is 0.692. The van der Waals surface area contributed by atoms with Gasteiger partial charge in [-0.3, -0.25) is 0 Å². The van der Waals surface area contributed by atoms with Gasteiger partial charge in [0, 0.05) is 33.1 Å². The van der Waals surface area contributed by atoms with Crippen molar-refractivity contribution < 1.29 is 5.11 Å². The molecule has 1 aromatic rings. The fourth-order valence-corrected chi connectivity index (χ4v) is 2.30. The topological polar surface area (TPSA) is 61.3 Å². The lowest BCUT2D eigenvalue weighted by molar-refractivity contribution is 0.0464. The van der Waals surface area contributed by atoms with E-state index in [1.54, 1.807) is 0 Å². The fourth-order valence-electron chi connectivity index (χ4n) is 2.30. The SMILES string of the molecule is CCc1nc(NC)cc(N(C)CC2CC(O)C2)n1. The predicted octanol–water partition coefficient (Wildman–Crippen LogP) is 1.29. The Morgan fingerprint density at radius 3 is 2.72 bits per heavy atom. The maximum absolute atomic E-state index is 9.31. The highest BCUT2D eigenvalue weighted by molar-refractivity contribution is 5.48. The molecule has 100 valence electrons. The summed E-state index contributed by atoms with van der Waals surface area (Å²) >= 11 is 0. The van der Waals surface area contributed by atoms with Crippen molar-refractivity contribution in [3.8, 4) is 0 Å². The summed E-state index contributed by atoms with van der Waals surface area (Å²) < 4.78 is 0. The van der Waals surface area contributed by atoms with Crippen LogP contribution < -0.4 is 10.2 Å². The number of aliphatic hydroxyl groups excluding tert-OH is 1. The molecule has 5 nitrogen and oxygen atoms in total. The van der Waals surface area contributed by atoms with Gasteiger partial charge < -0.3 is 15.3 Å². The number of hydrogen-bond donors (Lipinski definition) is 2. The van der Waals surface area contributed by atoms with E-state index in [0.717, 1.165) is 43.3 Å². The zero-order chi connectivity index (χ0) is 13.1. The summed E-state index contributed by atoms with van der Waals surface area (Å²) in [6.07, 6.45) is 2.57. The number of nitrogens with one attached hydrogen (secondary N) is 1. The predicted molar refractivity (Wildman–Crippen MR) is 73.0 cm³/mol. The third kappa shape index (κ3) is 2.90. The largest absolute Gasteiger partial charge is 0.393 e. The average molecular weight is 250 g/mol. The summed E-state index contributed by atoms with van der Waals surface area (Å²) in [5, 5.41) is 12.4. The van der Waals surface area contributed by atoms with Crippen molar-refractivity contribution in [1.82, 2.24) is 9.97 Å². The molecule has 0 atom stereocenters. The van der Waals surface area contributed by atoms with Crippen LogP contribution in [0.3, 0.4) is 0 Å². The van der Waals surface area contributed by atoms with Gasteiger partial charge in [0.1, 0.15) is 17.5 Å². The van der Waals surface area contributed by atoms with Crippen LogP contribution in [0.4, 0.5) is 11.6 Å². The zero-order valence-corrected chi connectivity index (χ0v) is 11.3. The molecule has 1 heterocycles. The van der Waals surface area contributed by atoms with E-state index in [1.165, 1.54) is 0 Å². The first-order chi connectivity index (χ1) is 8.62. The van der Waals surface area contributed by atoms with E-state index in [4.69, 9.17) is 0 Å². The zero-order valence-electron chi connectivity index (χ0n) is 11.3. The van der Waals surface area contributed by atoms with E-state index in [2.05, 4.69) is 27.1 Å². The maximum atomic E-state index is 9.31. The Hall–Kier alpha value is -1.36. The first-order valence-corrected chi connectivity index (χ1v) is 6.57. The molecular weight excluding hydrogens is 228 g/mol. The van der Waals surface area contributed by atoms with E-state index >= 15 is 0 Å². The Morgan fingerprint density at radius 2 is 2.17 bits per heavy atom. The van der Waals surface area contributed by atoms with Crippen molar-refractivity contribution in [3.63, 3.8) is 0 Å². The van der Waals surface area contributed by atoms with Crippen molar-refractivity contribution in [2.45, 2.75) is 32.3 Å². The molecule has 1 aromatic heterocycles. The summed E-state index contributed by atoms with van der Waals surface area (Å²) in [4.78, 5) is 11.1. The van der Waals surface area contributed by atoms with Gasteiger partial charge in [0.15, 0.2) is 0 Å². The molecule has 0 saturated heterocycles. The van der Waals surface area contributed by atoms with E-state index in [9.17, 15) is 5.11 Å². The first-order valence-electron chi connectivity index (χ1n) is 6.57. The third-order valence-electron chi connectivity index (χ3n) is 3.47. The third-order valence-corrected chi connectivity index (χ3v) is 3.47. The number of anilines is 2. The number of aliphatic hydroxyl groups is 1. The molecule has 1 aliphatic rings. The minimum absolute atomic E-state index is 0.0899. The van der Waals surface area contributed by atoms with Gasteiger partial charge >= 0.3 is 0 Å². The molecule has 0 unspecified atom stereocenters. The molecule has 18 heavy (non-hydrogen) atoms. The molecule has 0 aromatic carbocycles. The lowest BCUT2D eigenvalue weighted by Crippen LogP contribution is -2.37. The van der Waals surface area contributed by atoms with Crippen LogP contribution in [-0.2, 0) is 6.42 Å². The van der Waals surface area contributed by atoms with Crippen LogP contribution in [0.2, 0.25) is 0 Å². The smallest absolute Gasteiger partial charge is 0.134 e. The summed E-state index contributed by atoms with van der Waals surface area (Å²) in [5.41, 5.74) is 0. The number of hydrogen-bond acceptors (Lipinski definition) is 5. The second-order valence-electron chi connectivity index (χ2n) is 5.00. The molecule has 0 aliphatic heterocycles. The van der Waals surface area contributed by atoms with Crippen LogP contribution >= 0.6 is 0 Å². The van der Waals surface area contributed by atoms with Crippen LogP contribution in [0.25, 0.3) is 0 Å². The molecule has 2 rings (SSSR count). The second kappa shape index (κ2) is 5.52. The minimum atomic E-state index is -0.0899. The first kappa shape index (κ1) is 13.1. The standard InChI is InChI=1S/C13H22N4O/c1-4-11-15-12(14-2)7-13(16-11)17(3)8-9-5-10(18)6-9/h7,9-10,18H,4-6,8H2,1-3H3,(H,14,15,16). The summed E-state index contributed by atoms with van der Waals surface area (Å²) in [6, 6.07) is 1.97. The van der Waals surface area contributed by atoms with Gasteiger partial charge in [-0.2, -0.15) is 0 Å². The Labute approximate surface area is 108 Å². The number of rotatable bonds is 5. The van der Waals surface area contributed by atoms with Crippen molar-refractivity contribution >= 4 is 11.6 Å². The maximum Gasteiger partial charge on any atom is 0.134 e. The molecule has 0 bridgehead atoms. The summed E-state index contributed by atoms with van der Waals surface area (Å²) in [5.74, 6) is 3.25. The molecule has 0 radical (unpaired) electrons. The average Bonchev–Trinajstić information content (AvgIpc) is 2.36. The van der Waals surface area contributed by atoms with Gasteiger partial charge in [-0.05, 0) is 18.8 Å². The molecule has 1 fully saturated rings. The molecule has 1 aliphatic carbocycles. The summed E-state index contributed by atoms with van der Waals surface area (Å²) in [6.45, 7) is 3.00. The van der Waals surface area contributed by atoms with Gasteiger partial charge in [-0.1, -0.05) is 6.92 Å². The van der Waals surface area contributed by atoms with Crippen molar-refractivity contribution in [3.05, 3.63) is 11.9 Å². The van der Waals surface area contributed by atoms with Gasteiger partial charge in [0.05, 0.1) is 6.10 Å². The molecule has 5 heteroatoms. The Morgan fingerprint density at radius 1 is 1.44 bits per heavy atom. The van der Waals surface area contributed by atoms with Gasteiger partial charge in [0.2, 0.25) is 0 Å². The van der Waals surface area contributed by atoms with E-state index in [1.807, 2.05) is 20.2 Å². The highest BCUT2D eigenvalue weighted by Gasteiger charge is 2.28. The van der Waals surface area contributed by atoms with Gasteiger partial charge in [0.25, 0.3) is 0 Å². The Bertz CT molecular complexity index is 382. The molecule has 0 amide bonds. The highest BCUT2D eigenvalue weighted by Crippen LogP contribution is 2.29. The van der Waals surface area contributed by atoms with Crippen LogP contribution in [0.15, 0.2) is 6.07 Å². The number of aryl methyl sites for hydroxylation is 1. The molecule has 1 saturated carbocycles. The van der Waals surface area contributed by atoms with E-state index in [0.29, 0.717) is 5.92 Å². The van der Waals surface area contributed by atoms with E-state index in [-0.39, 0.29) is 6.10 Å². The Balaban J connectivity index is 2.06. The van der Waals surface area contributed by atoms with Crippen LogP contribution in [0.1, 0.15) is 25.6 Å². The van der Waals surface area contributed by atoms with Crippen LogP contribution in [0, 0.1) is 5.92 Å². The molecule has 0 spiro atoms. The minimum Gasteiger partial charge on any atom is -0.393 e. The van der Waals surface area contributed by atoms with E-state index < -0.39 is 0 Å². The van der Waals surface area contributed by atoms with Crippen LogP contribution in [0.5, 0.6) is 0 Å².